The van der Waals surface area contributed by atoms with Crippen LogP contribution in [-0.4, -0.2) is 21.9 Å². The number of nitro benzene ring substituents is 1. The van der Waals surface area contributed by atoms with Crippen LogP contribution in [0.3, 0.4) is 0 Å². The van der Waals surface area contributed by atoms with Gasteiger partial charge in [-0.05, 0) is 12.1 Å². The highest BCUT2D eigenvalue weighted by Gasteiger charge is 2.20. The van der Waals surface area contributed by atoms with E-state index in [2.05, 4.69) is 4.99 Å². The number of ether oxygens (including phenoxy) is 1. The summed E-state index contributed by atoms with van der Waals surface area (Å²) in [7, 11) is 0. The minimum atomic E-state index is -0.622. The summed E-state index contributed by atoms with van der Waals surface area (Å²) in [5.74, 6) is -0.706. The number of hydrogen-bond donors (Lipinski definition) is 1. The first-order chi connectivity index (χ1) is 8.47. The summed E-state index contributed by atoms with van der Waals surface area (Å²) in [5.41, 5.74) is 0.0611. The lowest BCUT2D eigenvalue weighted by Gasteiger charge is -1.99. The van der Waals surface area contributed by atoms with E-state index >= 15 is 0 Å². The lowest BCUT2D eigenvalue weighted by molar-refractivity contribution is -0.384. The third-order valence-electron chi connectivity index (χ3n) is 2.24. The SMILES string of the molecule is CC1=NC(=Cc2ccc([N+](=O)[O-])cc2O)C(=O)O1. The molecule has 0 radical (unpaired) electrons. The van der Waals surface area contributed by atoms with Crippen molar-refractivity contribution in [3.05, 3.63) is 39.6 Å². The molecule has 0 spiro atoms. The number of rotatable bonds is 2. The Labute approximate surface area is 101 Å². The Bertz CT molecular complexity index is 603. The molecule has 7 heteroatoms. The fourth-order valence-electron chi connectivity index (χ4n) is 1.43. The molecule has 0 bridgehead atoms. The van der Waals surface area contributed by atoms with E-state index in [0.29, 0.717) is 0 Å². The van der Waals surface area contributed by atoms with Crippen LogP contribution in [0, 0.1) is 10.1 Å². The predicted octanol–water partition coefficient (Wildman–Crippen LogP) is 1.62. The van der Waals surface area contributed by atoms with Crippen LogP contribution >= 0.6 is 0 Å². The van der Waals surface area contributed by atoms with E-state index in [4.69, 9.17) is 4.74 Å². The molecule has 18 heavy (non-hydrogen) atoms. The minimum absolute atomic E-state index is 0.0386. The largest absolute Gasteiger partial charge is 0.507 e. The van der Waals surface area contributed by atoms with Crippen molar-refractivity contribution in [2.24, 2.45) is 4.99 Å². The monoisotopic (exact) mass is 248 g/mol. The normalized spacial score (nSPS) is 16.6. The van der Waals surface area contributed by atoms with Gasteiger partial charge in [-0.25, -0.2) is 9.79 Å². The summed E-state index contributed by atoms with van der Waals surface area (Å²) < 4.78 is 4.70. The molecule has 1 N–H and O–H groups in total. The number of cyclic esters (lactones) is 1. The van der Waals surface area contributed by atoms with Gasteiger partial charge in [0, 0.05) is 18.6 Å². The Morgan fingerprint density at radius 3 is 2.72 bits per heavy atom. The van der Waals surface area contributed by atoms with Crippen LogP contribution < -0.4 is 0 Å². The fraction of sp³-hybridized carbons (Fsp3) is 0.0909. The lowest BCUT2D eigenvalue weighted by atomic mass is 10.1. The van der Waals surface area contributed by atoms with Crippen LogP contribution in [0.4, 0.5) is 5.69 Å². The van der Waals surface area contributed by atoms with Gasteiger partial charge in [-0.1, -0.05) is 0 Å². The number of phenols is 1. The van der Waals surface area contributed by atoms with Crippen molar-refractivity contribution in [2.45, 2.75) is 6.92 Å². The van der Waals surface area contributed by atoms with Crippen LogP contribution in [0.2, 0.25) is 0 Å². The first-order valence-electron chi connectivity index (χ1n) is 4.94. The average Bonchev–Trinajstić information content (AvgIpc) is 2.60. The Balaban J connectivity index is 2.39. The first-order valence-corrected chi connectivity index (χ1v) is 4.94. The van der Waals surface area contributed by atoms with Gasteiger partial charge in [0.15, 0.2) is 11.6 Å². The highest BCUT2D eigenvalue weighted by atomic mass is 16.6. The van der Waals surface area contributed by atoms with E-state index in [1.807, 2.05) is 0 Å². The highest BCUT2D eigenvalue weighted by Crippen LogP contribution is 2.26. The number of esters is 1. The van der Waals surface area contributed by atoms with Gasteiger partial charge < -0.3 is 9.84 Å². The average molecular weight is 248 g/mol. The molecule has 0 fully saturated rings. The number of non-ortho nitro benzene ring substituents is 1. The lowest BCUT2D eigenvalue weighted by Crippen LogP contribution is -1.99. The number of nitro groups is 1. The molecule has 1 heterocycles. The Kier molecular flexibility index (Phi) is 2.80. The van der Waals surface area contributed by atoms with E-state index < -0.39 is 10.9 Å². The van der Waals surface area contributed by atoms with Gasteiger partial charge in [-0.3, -0.25) is 10.1 Å². The Hall–Kier alpha value is -2.70. The topological polar surface area (TPSA) is 102 Å². The van der Waals surface area contributed by atoms with Crippen molar-refractivity contribution in [1.29, 1.82) is 0 Å². The van der Waals surface area contributed by atoms with Gasteiger partial charge in [-0.2, -0.15) is 0 Å². The maximum Gasteiger partial charge on any atom is 0.363 e. The smallest absolute Gasteiger partial charge is 0.363 e. The predicted molar refractivity (Wildman–Crippen MR) is 61.9 cm³/mol. The molecular formula is C11H8N2O5. The van der Waals surface area contributed by atoms with Crippen LogP contribution in [0.5, 0.6) is 5.75 Å². The van der Waals surface area contributed by atoms with Crippen LogP contribution in [-0.2, 0) is 9.53 Å². The number of carbonyl (C=O) groups is 1. The number of aliphatic imine (C=N–C) groups is 1. The number of hydrogen-bond acceptors (Lipinski definition) is 6. The third kappa shape index (κ3) is 2.19. The summed E-state index contributed by atoms with van der Waals surface area (Å²) >= 11 is 0. The minimum Gasteiger partial charge on any atom is -0.507 e. The summed E-state index contributed by atoms with van der Waals surface area (Å²) in [6.07, 6.45) is 1.30. The molecule has 2 rings (SSSR count). The van der Waals surface area contributed by atoms with E-state index in [1.54, 1.807) is 0 Å². The Morgan fingerprint density at radius 2 is 2.22 bits per heavy atom. The molecule has 0 atom stereocenters. The van der Waals surface area contributed by atoms with E-state index in [9.17, 15) is 20.0 Å². The van der Waals surface area contributed by atoms with Crippen LogP contribution in [0.25, 0.3) is 6.08 Å². The molecule has 0 aromatic heterocycles. The zero-order valence-corrected chi connectivity index (χ0v) is 9.28. The van der Waals surface area contributed by atoms with Crippen LogP contribution in [0.15, 0.2) is 28.9 Å². The van der Waals surface area contributed by atoms with Crippen molar-refractivity contribution < 1.29 is 19.6 Å². The zero-order valence-electron chi connectivity index (χ0n) is 9.28. The zero-order chi connectivity index (χ0) is 13.3. The molecule has 1 aromatic rings. The molecule has 1 aromatic carbocycles. The number of aromatic hydroxyl groups is 1. The van der Waals surface area contributed by atoms with Crippen LogP contribution in [0.1, 0.15) is 12.5 Å². The maximum atomic E-state index is 11.3. The first kappa shape index (κ1) is 11.8. The van der Waals surface area contributed by atoms with Crippen molar-refractivity contribution in [2.75, 3.05) is 0 Å². The van der Waals surface area contributed by atoms with Gasteiger partial charge in [0.25, 0.3) is 5.69 Å². The molecule has 92 valence electrons. The molecule has 1 aliphatic rings. The molecule has 1 aliphatic heterocycles. The molecule has 0 aliphatic carbocycles. The Morgan fingerprint density at radius 1 is 1.50 bits per heavy atom. The maximum absolute atomic E-state index is 11.3. The van der Waals surface area contributed by atoms with Crippen molar-refractivity contribution in [1.82, 2.24) is 0 Å². The van der Waals surface area contributed by atoms with Gasteiger partial charge in [-0.15, -0.1) is 0 Å². The van der Waals surface area contributed by atoms with E-state index in [1.165, 1.54) is 25.1 Å². The number of phenolic OH excluding ortho intramolecular Hbond substituents is 1. The van der Waals surface area contributed by atoms with Gasteiger partial charge in [0.05, 0.1) is 11.0 Å². The molecule has 0 saturated heterocycles. The number of nitrogens with zero attached hydrogens (tertiary/aromatic N) is 2. The summed E-state index contributed by atoms with van der Waals surface area (Å²) in [6, 6.07) is 3.56. The summed E-state index contributed by atoms with van der Waals surface area (Å²) in [4.78, 5) is 25.0. The van der Waals surface area contributed by atoms with E-state index in [-0.39, 0.29) is 28.6 Å². The molecule has 0 saturated carbocycles. The molecular weight excluding hydrogens is 240 g/mol. The standard InChI is InChI=1S/C11H8N2O5/c1-6-12-9(11(15)18-6)4-7-2-3-8(13(16)17)5-10(7)14/h2-5,14H,1H3. The second-order valence-electron chi connectivity index (χ2n) is 3.55. The summed E-state index contributed by atoms with van der Waals surface area (Å²) in [5, 5.41) is 20.1. The second kappa shape index (κ2) is 4.28. The van der Waals surface area contributed by atoms with Gasteiger partial charge >= 0.3 is 5.97 Å². The van der Waals surface area contributed by atoms with Gasteiger partial charge in [0.1, 0.15) is 5.75 Å². The molecule has 0 unspecified atom stereocenters. The van der Waals surface area contributed by atoms with E-state index in [0.717, 1.165) is 6.07 Å². The second-order valence-corrected chi connectivity index (χ2v) is 3.55. The molecule has 7 nitrogen and oxygen atoms in total. The van der Waals surface area contributed by atoms with Crippen molar-refractivity contribution >= 4 is 23.6 Å². The third-order valence-corrected chi connectivity index (χ3v) is 2.24. The van der Waals surface area contributed by atoms with Crippen molar-refractivity contribution in [3.8, 4) is 5.75 Å². The van der Waals surface area contributed by atoms with Gasteiger partial charge in [0.2, 0.25) is 0 Å². The number of benzene rings is 1. The van der Waals surface area contributed by atoms with Crippen molar-refractivity contribution in [3.63, 3.8) is 0 Å². The summed E-state index contributed by atoms with van der Waals surface area (Å²) in [6.45, 7) is 1.52. The highest BCUT2D eigenvalue weighted by molar-refractivity contribution is 6.06. The number of carbonyl (C=O) groups excluding carboxylic acids is 1. The quantitative estimate of drug-likeness (QED) is 0.370. The molecule has 0 amide bonds. The fourth-order valence-corrected chi connectivity index (χ4v) is 1.43.